The van der Waals surface area contributed by atoms with Gasteiger partial charge in [-0.3, -0.25) is 9.59 Å². The highest BCUT2D eigenvalue weighted by atomic mass is 16.5. The fourth-order valence-corrected chi connectivity index (χ4v) is 3.13. The van der Waals surface area contributed by atoms with E-state index in [0.717, 1.165) is 24.2 Å². The number of likely N-dealkylation sites (tertiary alicyclic amines) is 1. The molecule has 0 aromatic carbocycles. The second kappa shape index (κ2) is 6.86. The van der Waals surface area contributed by atoms with E-state index < -0.39 is 0 Å². The number of nitrogens with one attached hydrogen (secondary N) is 1. The molecule has 0 unspecified atom stereocenters. The van der Waals surface area contributed by atoms with Crippen molar-refractivity contribution in [1.82, 2.24) is 14.9 Å². The number of nitrogens with zero attached hydrogens (tertiary/aromatic N) is 2. The van der Waals surface area contributed by atoms with Crippen molar-refractivity contribution < 1.29 is 9.53 Å². The molecule has 0 atom stereocenters. The molecule has 0 spiro atoms. The number of aromatic amines is 1. The van der Waals surface area contributed by atoms with Gasteiger partial charge in [-0.1, -0.05) is 0 Å². The van der Waals surface area contributed by atoms with E-state index >= 15 is 0 Å². The maximum atomic E-state index is 12.5. The summed E-state index contributed by atoms with van der Waals surface area (Å²) in [4.78, 5) is 33.4. The number of ether oxygens (including phenoxy) is 1. The molecule has 0 bridgehead atoms. The maximum Gasteiger partial charge on any atom is 0.255 e. The van der Waals surface area contributed by atoms with Crippen LogP contribution in [0.4, 0.5) is 0 Å². The van der Waals surface area contributed by atoms with Crippen molar-refractivity contribution in [2.75, 3.05) is 20.2 Å². The van der Waals surface area contributed by atoms with Crippen LogP contribution in [0.25, 0.3) is 0 Å². The van der Waals surface area contributed by atoms with Crippen LogP contribution in [0, 0.1) is 6.92 Å². The van der Waals surface area contributed by atoms with Gasteiger partial charge in [0.15, 0.2) is 5.43 Å². The van der Waals surface area contributed by atoms with Crippen LogP contribution in [0.3, 0.4) is 0 Å². The number of aromatic nitrogens is 2. The van der Waals surface area contributed by atoms with Crippen LogP contribution in [-0.2, 0) is 0 Å². The molecule has 2 aromatic rings. The lowest BCUT2D eigenvalue weighted by Gasteiger charge is -2.32. The number of H-pyrrole nitrogens is 1. The van der Waals surface area contributed by atoms with Crippen molar-refractivity contribution >= 4 is 5.91 Å². The van der Waals surface area contributed by atoms with Gasteiger partial charge in [0.2, 0.25) is 5.88 Å². The third kappa shape index (κ3) is 3.48. The molecule has 3 rings (SSSR count). The second-order valence-electron chi connectivity index (χ2n) is 6.11. The number of hydrogen-bond acceptors (Lipinski definition) is 4. The molecule has 1 aliphatic heterocycles. The van der Waals surface area contributed by atoms with Crippen molar-refractivity contribution in [1.29, 1.82) is 0 Å². The van der Waals surface area contributed by atoms with Gasteiger partial charge >= 0.3 is 0 Å². The lowest BCUT2D eigenvalue weighted by Crippen LogP contribution is -2.38. The zero-order valence-corrected chi connectivity index (χ0v) is 13.9. The van der Waals surface area contributed by atoms with Crippen LogP contribution in [0.1, 0.15) is 40.5 Å². The SMILES string of the molecule is COc1ccc(C(=O)N2CCC(c3cc(=O)cc(C)[nH]3)CC2)cn1. The van der Waals surface area contributed by atoms with Gasteiger partial charge in [0.25, 0.3) is 5.91 Å². The van der Waals surface area contributed by atoms with Gasteiger partial charge < -0.3 is 14.6 Å². The predicted octanol–water partition coefficient (Wildman–Crippen LogP) is 2.11. The average Bonchev–Trinajstić information content (AvgIpc) is 2.60. The maximum absolute atomic E-state index is 12.5. The smallest absolute Gasteiger partial charge is 0.255 e. The first-order valence-electron chi connectivity index (χ1n) is 8.07. The number of methoxy groups -OCH3 is 1. The Kier molecular flexibility index (Phi) is 4.64. The number of piperidine rings is 1. The molecule has 1 aliphatic rings. The molecule has 1 N–H and O–H groups in total. The highest BCUT2D eigenvalue weighted by molar-refractivity contribution is 5.94. The van der Waals surface area contributed by atoms with E-state index in [2.05, 4.69) is 9.97 Å². The number of hydrogen-bond donors (Lipinski definition) is 1. The Morgan fingerprint density at radius 1 is 1.29 bits per heavy atom. The molecule has 0 saturated carbocycles. The van der Waals surface area contributed by atoms with E-state index in [-0.39, 0.29) is 17.3 Å². The standard InChI is InChI=1S/C18H21N3O3/c1-12-9-15(22)10-16(20-12)13-5-7-21(8-6-13)18(23)14-3-4-17(24-2)19-11-14/h3-4,9-11,13H,5-8H2,1-2H3,(H,20,22). The molecule has 24 heavy (non-hydrogen) atoms. The number of rotatable bonds is 3. The van der Waals surface area contributed by atoms with Gasteiger partial charge in [0.05, 0.1) is 12.7 Å². The van der Waals surface area contributed by atoms with E-state index in [9.17, 15) is 9.59 Å². The summed E-state index contributed by atoms with van der Waals surface area (Å²) in [6, 6.07) is 6.69. The molecular weight excluding hydrogens is 306 g/mol. The zero-order chi connectivity index (χ0) is 17.1. The van der Waals surface area contributed by atoms with E-state index in [1.54, 1.807) is 37.6 Å². The normalized spacial score (nSPS) is 15.3. The van der Waals surface area contributed by atoms with E-state index in [1.807, 2.05) is 11.8 Å². The lowest BCUT2D eigenvalue weighted by molar-refractivity contribution is 0.0711. The lowest BCUT2D eigenvalue weighted by atomic mass is 9.92. The van der Waals surface area contributed by atoms with Crippen LogP contribution in [0.5, 0.6) is 5.88 Å². The summed E-state index contributed by atoms with van der Waals surface area (Å²) in [5.74, 6) is 0.769. The van der Waals surface area contributed by atoms with E-state index in [1.165, 1.54) is 0 Å². The minimum atomic E-state index is -0.0126. The van der Waals surface area contributed by atoms with Crippen LogP contribution < -0.4 is 10.2 Å². The van der Waals surface area contributed by atoms with Gasteiger partial charge in [-0.05, 0) is 25.8 Å². The number of carbonyl (C=O) groups is 1. The summed E-state index contributed by atoms with van der Waals surface area (Å²) in [5.41, 5.74) is 2.45. The monoisotopic (exact) mass is 327 g/mol. The van der Waals surface area contributed by atoms with Crippen molar-refractivity contribution in [2.24, 2.45) is 0 Å². The molecule has 3 heterocycles. The highest BCUT2D eigenvalue weighted by Gasteiger charge is 2.25. The van der Waals surface area contributed by atoms with Crippen LogP contribution in [-0.4, -0.2) is 41.0 Å². The Labute approximate surface area is 140 Å². The van der Waals surface area contributed by atoms with Gasteiger partial charge in [-0.2, -0.15) is 0 Å². The summed E-state index contributed by atoms with van der Waals surface area (Å²) in [5, 5.41) is 0. The fraction of sp³-hybridized carbons (Fsp3) is 0.389. The predicted molar refractivity (Wildman–Crippen MR) is 90.5 cm³/mol. The minimum absolute atomic E-state index is 0.0126. The highest BCUT2D eigenvalue weighted by Crippen LogP contribution is 2.27. The van der Waals surface area contributed by atoms with Gasteiger partial charge in [0.1, 0.15) is 0 Å². The summed E-state index contributed by atoms with van der Waals surface area (Å²) >= 11 is 0. The Balaban J connectivity index is 1.65. The van der Waals surface area contributed by atoms with Crippen LogP contribution in [0.2, 0.25) is 0 Å². The quantitative estimate of drug-likeness (QED) is 0.937. The van der Waals surface area contributed by atoms with Crippen LogP contribution in [0.15, 0.2) is 35.3 Å². The fourth-order valence-electron chi connectivity index (χ4n) is 3.13. The van der Waals surface area contributed by atoms with Crippen molar-refractivity contribution in [3.8, 4) is 5.88 Å². The van der Waals surface area contributed by atoms with Crippen molar-refractivity contribution in [2.45, 2.75) is 25.7 Å². The summed E-state index contributed by atoms with van der Waals surface area (Å²) in [6.45, 7) is 3.23. The number of amides is 1. The Bertz CT molecular complexity index is 775. The first-order valence-corrected chi connectivity index (χ1v) is 8.07. The Hall–Kier alpha value is -2.63. The number of carbonyl (C=O) groups excluding carboxylic acids is 1. The summed E-state index contributed by atoms with van der Waals surface area (Å²) in [6.07, 6.45) is 3.23. The first-order chi connectivity index (χ1) is 11.6. The van der Waals surface area contributed by atoms with Crippen molar-refractivity contribution in [3.05, 3.63) is 57.6 Å². The number of aryl methyl sites for hydroxylation is 1. The number of pyridine rings is 2. The Morgan fingerprint density at radius 3 is 2.62 bits per heavy atom. The van der Waals surface area contributed by atoms with Gasteiger partial charge in [-0.15, -0.1) is 0 Å². The van der Waals surface area contributed by atoms with Crippen LogP contribution >= 0.6 is 0 Å². The minimum Gasteiger partial charge on any atom is -0.481 e. The van der Waals surface area contributed by atoms with Gasteiger partial charge in [-0.25, -0.2) is 4.98 Å². The molecule has 1 saturated heterocycles. The van der Waals surface area contributed by atoms with E-state index in [4.69, 9.17) is 4.74 Å². The molecular formula is C18H21N3O3. The average molecular weight is 327 g/mol. The molecule has 0 radical (unpaired) electrons. The molecule has 126 valence electrons. The third-order valence-corrected chi connectivity index (χ3v) is 4.41. The molecule has 6 nitrogen and oxygen atoms in total. The van der Waals surface area contributed by atoms with Gasteiger partial charge in [0, 0.05) is 54.8 Å². The summed E-state index contributed by atoms with van der Waals surface area (Å²) < 4.78 is 5.01. The van der Waals surface area contributed by atoms with Crippen molar-refractivity contribution in [3.63, 3.8) is 0 Å². The largest absolute Gasteiger partial charge is 0.481 e. The molecule has 1 amide bonds. The topological polar surface area (TPSA) is 75.3 Å². The van der Waals surface area contributed by atoms with E-state index in [0.29, 0.717) is 24.5 Å². The third-order valence-electron chi connectivity index (χ3n) is 4.41. The summed E-state index contributed by atoms with van der Waals surface area (Å²) in [7, 11) is 1.55. The zero-order valence-electron chi connectivity index (χ0n) is 13.9. The second-order valence-corrected chi connectivity index (χ2v) is 6.11. The molecule has 6 heteroatoms. The Morgan fingerprint density at radius 2 is 2.04 bits per heavy atom. The molecule has 2 aromatic heterocycles. The molecule has 0 aliphatic carbocycles. The molecule has 1 fully saturated rings. The first kappa shape index (κ1) is 16.2.